The molecule has 1 aromatic carbocycles. The molecule has 0 N–H and O–H groups in total. The second kappa shape index (κ2) is 7.27. The predicted molar refractivity (Wildman–Crippen MR) is 85.9 cm³/mol. The van der Waals surface area contributed by atoms with Crippen LogP contribution in [-0.4, -0.2) is 42.4 Å². The van der Waals surface area contributed by atoms with Crippen molar-refractivity contribution in [3.05, 3.63) is 47.3 Å². The molecule has 0 aliphatic carbocycles. The van der Waals surface area contributed by atoms with Gasteiger partial charge in [-0.15, -0.1) is 0 Å². The molecule has 1 heterocycles. The van der Waals surface area contributed by atoms with E-state index in [1.54, 1.807) is 7.11 Å². The second-order valence-corrected chi connectivity index (χ2v) is 5.77. The first-order chi connectivity index (χ1) is 10.1. The number of benzene rings is 1. The van der Waals surface area contributed by atoms with Gasteiger partial charge in [0.2, 0.25) is 0 Å². The molecule has 0 atom stereocenters. The number of nitrogens with zero attached hydrogens (tertiary/aromatic N) is 3. The Kier molecular flexibility index (Phi) is 5.39. The van der Waals surface area contributed by atoms with Crippen molar-refractivity contribution in [1.29, 1.82) is 0 Å². The molecular weight excluding hydrogens is 262 g/mol. The predicted octanol–water partition coefficient (Wildman–Crippen LogP) is 2.74. The lowest BCUT2D eigenvalue weighted by molar-refractivity contribution is 0.399. The van der Waals surface area contributed by atoms with Gasteiger partial charge in [-0.1, -0.05) is 12.1 Å². The van der Waals surface area contributed by atoms with Gasteiger partial charge in [-0.05, 0) is 57.6 Å². The second-order valence-electron chi connectivity index (χ2n) is 5.77. The molecule has 0 saturated heterocycles. The standard InChI is InChI=1S/C17H25N3O/c1-14-11-18-20(12-14)13-16-10-15(6-5-9-19(2)3)7-8-17(16)21-4/h7-8,10-12H,5-6,9,13H2,1-4H3. The van der Waals surface area contributed by atoms with E-state index < -0.39 is 0 Å². The van der Waals surface area contributed by atoms with Crippen LogP contribution < -0.4 is 4.74 Å². The third-order valence-corrected chi connectivity index (χ3v) is 3.51. The van der Waals surface area contributed by atoms with Crippen LogP contribution in [0.5, 0.6) is 5.75 Å². The van der Waals surface area contributed by atoms with Crippen molar-refractivity contribution in [2.45, 2.75) is 26.3 Å². The molecule has 2 rings (SSSR count). The van der Waals surface area contributed by atoms with Crippen LogP contribution in [0.25, 0.3) is 0 Å². The molecule has 21 heavy (non-hydrogen) atoms. The van der Waals surface area contributed by atoms with Crippen LogP contribution >= 0.6 is 0 Å². The molecule has 0 radical (unpaired) electrons. The summed E-state index contributed by atoms with van der Waals surface area (Å²) in [5.74, 6) is 0.930. The smallest absolute Gasteiger partial charge is 0.123 e. The Morgan fingerprint density at radius 1 is 1.29 bits per heavy atom. The van der Waals surface area contributed by atoms with Crippen molar-refractivity contribution >= 4 is 0 Å². The zero-order valence-corrected chi connectivity index (χ0v) is 13.5. The van der Waals surface area contributed by atoms with Crippen molar-refractivity contribution < 1.29 is 4.74 Å². The molecule has 0 saturated carbocycles. The SMILES string of the molecule is COc1ccc(CCCN(C)C)cc1Cn1cc(C)cn1. The monoisotopic (exact) mass is 287 g/mol. The Labute approximate surface area is 127 Å². The van der Waals surface area contributed by atoms with Crippen LogP contribution in [0.15, 0.2) is 30.6 Å². The van der Waals surface area contributed by atoms with E-state index >= 15 is 0 Å². The van der Waals surface area contributed by atoms with Crippen molar-refractivity contribution in [3.63, 3.8) is 0 Å². The van der Waals surface area contributed by atoms with Crippen molar-refractivity contribution in [2.24, 2.45) is 0 Å². The van der Waals surface area contributed by atoms with Gasteiger partial charge in [-0.3, -0.25) is 4.68 Å². The normalized spacial score (nSPS) is 11.1. The van der Waals surface area contributed by atoms with Gasteiger partial charge in [0.1, 0.15) is 5.75 Å². The largest absolute Gasteiger partial charge is 0.496 e. The van der Waals surface area contributed by atoms with E-state index in [2.05, 4.69) is 55.4 Å². The fourth-order valence-corrected chi connectivity index (χ4v) is 2.44. The molecule has 0 aliphatic heterocycles. The Bertz CT molecular complexity index is 575. The summed E-state index contributed by atoms with van der Waals surface area (Å²) < 4.78 is 7.43. The van der Waals surface area contributed by atoms with Gasteiger partial charge in [0, 0.05) is 11.8 Å². The van der Waals surface area contributed by atoms with E-state index in [1.807, 2.05) is 10.9 Å². The Morgan fingerprint density at radius 2 is 2.10 bits per heavy atom. The van der Waals surface area contributed by atoms with Crippen LogP contribution in [-0.2, 0) is 13.0 Å². The molecule has 0 unspecified atom stereocenters. The number of ether oxygens (including phenoxy) is 1. The van der Waals surface area contributed by atoms with Gasteiger partial charge >= 0.3 is 0 Å². The molecule has 2 aromatic rings. The summed E-state index contributed by atoms with van der Waals surface area (Å²) in [6.45, 7) is 3.91. The quantitative estimate of drug-likeness (QED) is 0.784. The maximum absolute atomic E-state index is 5.47. The van der Waals surface area contributed by atoms with Gasteiger partial charge in [-0.2, -0.15) is 5.10 Å². The summed E-state index contributed by atoms with van der Waals surface area (Å²) in [5.41, 5.74) is 3.72. The summed E-state index contributed by atoms with van der Waals surface area (Å²) in [4.78, 5) is 2.22. The topological polar surface area (TPSA) is 30.3 Å². The summed E-state index contributed by atoms with van der Waals surface area (Å²) in [6, 6.07) is 6.47. The third-order valence-electron chi connectivity index (χ3n) is 3.51. The van der Waals surface area contributed by atoms with Crippen LogP contribution in [0.1, 0.15) is 23.1 Å². The van der Waals surface area contributed by atoms with E-state index in [4.69, 9.17) is 4.74 Å². The number of aryl methyl sites for hydroxylation is 2. The fourth-order valence-electron chi connectivity index (χ4n) is 2.44. The molecule has 1 aromatic heterocycles. The van der Waals surface area contributed by atoms with Crippen molar-refractivity contribution in [1.82, 2.24) is 14.7 Å². The summed E-state index contributed by atoms with van der Waals surface area (Å²) >= 11 is 0. The van der Waals surface area contributed by atoms with E-state index in [1.165, 1.54) is 23.1 Å². The molecule has 0 spiro atoms. The average molecular weight is 287 g/mol. The van der Waals surface area contributed by atoms with Gasteiger partial charge < -0.3 is 9.64 Å². The number of aromatic nitrogens is 2. The lowest BCUT2D eigenvalue weighted by atomic mass is 10.1. The number of hydrogen-bond acceptors (Lipinski definition) is 3. The highest BCUT2D eigenvalue weighted by atomic mass is 16.5. The minimum atomic E-state index is 0.749. The van der Waals surface area contributed by atoms with Crippen LogP contribution in [0, 0.1) is 6.92 Å². The lowest BCUT2D eigenvalue weighted by Crippen LogP contribution is -2.13. The number of rotatable bonds is 7. The maximum Gasteiger partial charge on any atom is 0.123 e. The highest BCUT2D eigenvalue weighted by Gasteiger charge is 2.06. The van der Waals surface area contributed by atoms with Gasteiger partial charge in [0.05, 0.1) is 19.9 Å². The van der Waals surface area contributed by atoms with Crippen LogP contribution in [0.3, 0.4) is 0 Å². The van der Waals surface area contributed by atoms with Crippen LogP contribution in [0.2, 0.25) is 0 Å². The highest BCUT2D eigenvalue weighted by Crippen LogP contribution is 2.21. The first kappa shape index (κ1) is 15.6. The van der Waals surface area contributed by atoms with Crippen molar-refractivity contribution in [2.75, 3.05) is 27.7 Å². The molecular formula is C17H25N3O. The maximum atomic E-state index is 5.47. The molecule has 4 heteroatoms. The summed E-state index contributed by atoms with van der Waals surface area (Å²) in [7, 11) is 5.94. The van der Waals surface area contributed by atoms with Gasteiger partial charge in [-0.25, -0.2) is 0 Å². The fraction of sp³-hybridized carbons (Fsp3) is 0.471. The zero-order valence-electron chi connectivity index (χ0n) is 13.5. The first-order valence-corrected chi connectivity index (χ1v) is 7.38. The Hall–Kier alpha value is -1.81. The lowest BCUT2D eigenvalue weighted by Gasteiger charge is -2.12. The molecule has 0 aliphatic rings. The molecule has 0 fully saturated rings. The Morgan fingerprint density at radius 3 is 2.71 bits per heavy atom. The van der Waals surface area contributed by atoms with E-state index in [0.717, 1.165) is 25.3 Å². The van der Waals surface area contributed by atoms with Gasteiger partial charge in [0.15, 0.2) is 0 Å². The van der Waals surface area contributed by atoms with E-state index in [0.29, 0.717) is 0 Å². The Balaban J connectivity index is 2.10. The minimum Gasteiger partial charge on any atom is -0.496 e. The summed E-state index contributed by atoms with van der Waals surface area (Å²) in [5, 5.41) is 4.36. The summed E-state index contributed by atoms with van der Waals surface area (Å²) in [6.07, 6.45) is 6.19. The third kappa shape index (κ3) is 4.60. The van der Waals surface area contributed by atoms with E-state index in [9.17, 15) is 0 Å². The average Bonchev–Trinajstić information content (AvgIpc) is 2.84. The minimum absolute atomic E-state index is 0.749. The molecule has 114 valence electrons. The zero-order chi connectivity index (χ0) is 15.2. The number of hydrogen-bond donors (Lipinski definition) is 0. The molecule has 4 nitrogen and oxygen atoms in total. The molecule has 0 amide bonds. The van der Waals surface area contributed by atoms with E-state index in [-0.39, 0.29) is 0 Å². The van der Waals surface area contributed by atoms with Crippen molar-refractivity contribution in [3.8, 4) is 5.75 Å². The van der Waals surface area contributed by atoms with Crippen LogP contribution in [0.4, 0.5) is 0 Å². The first-order valence-electron chi connectivity index (χ1n) is 7.38. The number of methoxy groups -OCH3 is 1. The highest BCUT2D eigenvalue weighted by molar-refractivity contribution is 5.37. The molecule has 0 bridgehead atoms. The van der Waals surface area contributed by atoms with Gasteiger partial charge in [0.25, 0.3) is 0 Å².